The molecular weight excluding hydrogens is 488 g/mol. The van der Waals surface area contributed by atoms with Crippen LogP contribution in [-0.2, 0) is 25.5 Å². The molecule has 4 rings (SSSR count). The number of benzene rings is 1. The van der Waals surface area contributed by atoms with E-state index in [1.54, 1.807) is 0 Å². The number of rotatable bonds is 3. The summed E-state index contributed by atoms with van der Waals surface area (Å²) in [5.74, 6) is -0.782. The van der Waals surface area contributed by atoms with Gasteiger partial charge in [-0.2, -0.15) is 0 Å². The summed E-state index contributed by atoms with van der Waals surface area (Å²) in [5.41, 5.74) is 3.26. The van der Waals surface area contributed by atoms with Crippen molar-refractivity contribution >= 4 is 23.3 Å². The van der Waals surface area contributed by atoms with Gasteiger partial charge < -0.3 is 4.74 Å². The van der Waals surface area contributed by atoms with Gasteiger partial charge in [0.25, 0.3) is 0 Å². The normalized spacial score (nSPS) is 32.5. The maximum Gasteiger partial charge on any atom is 0.310 e. The van der Waals surface area contributed by atoms with Crippen molar-refractivity contribution in [1.82, 2.24) is 0 Å². The molecule has 0 saturated carbocycles. The zero-order valence-corrected chi connectivity index (χ0v) is 25.8. The van der Waals surface area contributed by atoms with Gasteiger partial charge in [-0.3, -0.25) is 19.2 Å². The minimum Gasteiger partial charge on any atom is -0.460 e. The third-order valence-electron chi connectivity index (χ3n) is 10.9. The molecule has 0 bridgehead atoms. The lowest BCUT2D eigenvalue weighted by molar-refractivity contribution is -0.154. The van der Waals surface area contributed by atoms with Gasteiger partial charge in [0.05, 0.1) is 17.4 Å². The first-order valence-corrected chi connectivity index (χ1v) is 14.1. The van der Waals surface area contributed by atoms with Crippen LogP contribution in [0.4, 0.5) is 0 Å². The molecule has 0 spiro atoms. The van der Waals surface area contributed by atoms with Crippen LogP contribution < -0.4 is 0 Å². The van der Waals surface area contributed by atoms with Gasteiger partial charge in [0.1, 0.15) is 5.60 Å². The molecule has 0 amide bonds. The molecule has 0 heterocycles. The van der Waals surface area contributed by atoms with Gasteiger partial charge in [0, 0.05) is 16.6 Å². The number of ketones is 3. The first-order chi connectivity index (χ1) is 17.7. The van der Waals surface area contributed by atoms with Crippen molar-refractivity contribution in [3.05, 3.63) is 56.7 Å². The number of Topliss-reactive ketones (excluding diaryl/α,β-unsaturated/α-hetero) is 3. The Morgan fingerprint density at radius 2 is 1.62 bits per heavy atom. The number of carbonyl (C=O) groups excluding carboxylic acids is 4. The van der Waals surface area contributed by atoms with Crippen LogP contribution in [0.1, 0.15) is 116 Å². The van der Waals surface area contributed by atoms with Crippen LogP contribution in [0.3, 0.4) is 0 Å². The molecule has 5 nitrogen and oxygen atoms in total. The summed E-state index contributed by atoms with van der Waals surface area (Å²) in [4.78, 5) is 54.1. The van der Waals surface area contributed by atoms with E-state index in [-0.39, 0.29) is 41.6 Å². The fraction of sp³-hybridized carbons (Fsp3) is 0.588. The van der Waals surface area contributed by atoms with Gasteiger partial charge >= 0.3 is 5.97 Å². The average Bonchev–Trinajstić information content (AvgIpc) is 2.79. The van der Waals surface area contributed by atoms with Crippen molar-refractivity contribution in [2.24, 2.45) is 22.2 Å². The predicted molar refractivity (Wildman–Crippen MR) is 153 cm³/mol. The van der Waals surface area contributed by atoms with E-state index in [9.17, 15) is 19.2 Å². The highest BCUT2D eigenvalue weighted by Gasteiger charge is 2.67. The highest BCUT2D eigenvalue weighted by molar-refractivity contribution is 6.24. The fourth-order valence-corrected chi connectivity index (χ4v) is 8.31. The summed E-state index contributed by atoms with van der Waals surface area (Å²) in [6.45, 7) is 23.4. The molecule has 5 unspecified atom stereocenters. The van der Waals surface area contributed by atoms with Gasteiger partial charge in [0.15, 0.2) is 17.3 Å². The highest BCUT2D eigenvalue weighted by Crippen LogP contribution is 2.71. The zero-order chi connectivity index (χ0) is 29.6. The monoisotopic (exact) mass is 532 g/mol. The summed E-state index contributed by atoms with van der Waals surface area (Å²) >= 11 is 0. The number of carbonyl (C=O) groups is 4. The Labute approximate surface area is 233 Å². The highest BCUT2D eigenvalue weighted by atomic mass is 16.6. The van der Waals surface area contributed by atoms with Crippen molar-refractivity contribution in [3.63, 3.8) is 0 Å². The van der Waals surface area contributed by atoms with Crippen LogP contribution >= 0.6 is 0 Å². The second-order valence-corrected chi connectivity index (χ2v) is 13.9. The number of esters is 1. The maximum atomic E-state index is 14.6. The largest absolute Gasteiger partial charge is 0.460 e. The van der Waals surface area contributed by atoms with E-state index < -0.39 is 21.8 Å². The lowest BCUT2D eigenvalue weighted by atomic mass is 9.37. The number of hydrogen-bond donors (Lipinski definition) is 0. The van der Waals surface area contributed by atoms with E-state index >= 15 is 0 Å². The summed E-state index contributed by atoms with van der Waals surface area (Å²) in [7, 11) is 0. The van der Waals surface area contributed by atoms with E-state index in [4.69, 9.17) is 4.74 Å². The molecular formula is C34H44O5. The van der Waals surface area contributed by atoms with Crippen LogP contribution in [0.2, 0.25) is 0 Å². The summed E-state index contributed by atoms with van der Waals surface area (Å²) in [5, 5.41) is 0. The quantitative estimate of drug-likeness (QED) is 0.308. The van der Waals surface area contributed by atoms with Crippen LogP contribution in [0.5, 0.6) is 0 Å². The molecule has 3 aliphatic carbocycles. The van der Waals surface area contributed by atoms with Crippen molar-refractivity contribution < 1.29 is 23.9 Å². The molecule has 0 fully saturated rings. The van der Waals surface area contributed by atoms with E-state index in [1.165, 1.54) is 6.92 Å². The maximum absolute atomic E-state index is 14.6. The van der Waals surface area contributed by atoms with E-state index in [2.05, 4.69) is 27.7 Å². The molecule has 0 N–H and O–H groups in total. The summed E-state index contributed by atoms with van der Waals surface area (Å²) < 4.78 is 5.55. The van der Waals surface area contributed by atoms with Crippen molar-refractivity contribution in [1.29, 1.82) is 0 Å². The van der Waals surface area contributed by atoms with Gasteiger partial charge in [-0.25, -0.2) is 0 Å². The van der Waals surface area contributed by atoms with E-state index in [1.807, 2.05) is 60.6 Å². The minimum atomic E-state index is -0.976. The molecule has 5 heteroatoms. The smallest absolute Gasteiger partial charge is 0.310 e. The lowest BCUT2D eigenvalue weighted by Crippen LogP contribution is -2.62. The first-order valence-electron chi connectivity index (χ1n) is 14.1. The van der Waals surface area contributed by atoms with Crippen LogP contribution in [0.15, 0.2) is 34.4 Å². The van der Waals surface area contributed by atoms with E-state index in [0.717, 1.165) is 27.8 Å². The standard InChI is InChI=1S/C34H44O5/c1-17-16-32(10)22(6)33(11)19(3)24-14-13-23(15-25(36)39-31(7,8)9)18(2)27(24)29(37)28(33)20(4)34(32,12)30(38)26(17)21(5)35/h13-14,19,22H,15-16H2,1-12H3. The molecule has 1 aromatic carbocycles. The van der Waals surface area contributed by atoms with Crippen LogP contribution in [-0.4, -0.2) is 28.9 Å². The third kappa shape index (κ3) is 3.78. The van der Waals surface area contributed by atoms with Gasteiger partial charge in [-0.05, 0) is 95.8 Å². The second kappa shape index (κ2) is 8.84. The SMILES string of the molecule is CC(=O)C1=C(C)CC2(C)C(C)C3(C)C(=C(C)C2(C)C1=O)C(=O)c1c(ccc(CC(=O)OC(C)(C)C)c1C)C3C. The molecule has 3 aliphatic rings. The predicted octanol–water partition coefficient (Wildman–Crippen LogP) is 7.04. The molecule has 1 aromatic rings. The fourth-order valence-electron chi connectivity index (χ4n) is 8.31. The Morgan fingerprint density at radius 1 is 1.03 bits per heavy atom. The Hall–Kier alpha value is -2.82. The Bertz CT molecular complexity index is 1400. The molecule has 0 radical (unpaired) electrons. The Balaban J connectivity index is 1.95. The van der Waals surface area contributed by atoms with Gasteiger partial charge in [0.2, 0.25) is 0 Å². The molecule has 210 valence electrons. The second-order valence-electron chi connectivity index (χ2n) is 13.9. The van der Waals surface area contributed by atoms with Crippen molar-refractivity contribution in [2.75, 3.05) is 0 Å². The van der Waals surface area contributed by atoms with Crippen LogP contribution in [0.25, 0.3) is 0 Å². The Morgan fingerprint density at radius 3 is 2.15 bits per heavy atom. The molecule has 0 saturated heterocycles. The lowest BCUT2D eigenvalue weighted by Gasteiger charge is -2.64. The molecule has 0 aliphatic heterocycles. The third-order valence-corrected chi connectivity index (χ3v) is 10.9. The molecule has 0 aromatic heterocycles. The molecule has 39 heavy (non-hydrogen) atoms. The van der Waals surface area contributed by atoms with Gasteiger partial charge in [-0.1, -0.05) is 51.0 Å². The van der Waals surface area contributed by atoms with Crippen LogP contribution in [0, 0.1) is 29.1 Å². The molecule has 5 atom stereocenters. The topological polar surface area (TPSA) is 77.5 Å². The number of hydrogen-bond acceptors (Lipinski definition) is 5. The number of ether oxygens (including phenoxy) is 1. The zero-order valence-electron chi connectivity index (χ0n) is 25.8. The minimum absolute atomic E-state index is 0.00870. The summed E-state index contributed by atoms with van der Waals surface area (Å²) in [6.07, 6.45) is 0.719. The number of fused-ring (bicyclic) bond motifs is 3. The Kier molecular flexibility index (Phi) is 6.61. The summed E-state index contributed by atoms with van der Waals surface area (Å²) in [6, 6.07) is 3.97. The average molecular weight is 533 g/mol. The first kappa shape index (κ1) is 29.2. The van der Waals surface area contributed by atoms with Gasteiger partial charge in [-0.15, -0.1) is 0 Å². The van der Waals surface area contributed by atoms with Crippen molar-refractivity contribution in [3.8, 4) is 0 Å². The number of allylic oxidation sites excluding steroid dienone is 4. The van der Waals surface area contributed by atoms with E-state index in [0.29, 0.717) is 23.1 Å². The van der Waals surface area contributed by atoms with Crippen molar-refractivity contribution in [2.45, 2.75) is 107 Å².